The second kappa shape index (κ2) is 7.61. The Hall–Kier alpha value is -0.120. The Morgan fingerprint density at radius 3 is 2.84 bits per heavy atom. The Kier molecular flexibility index (Phi) is 6.11. The lowest BCUT2D eigenvalue weighted by Gasteiger charge is -2.39. The number of methoxy groups -OCH3 is 1. The highest BCUT2D eigenvalue weighted by Gasteiger charge is 2.31. The van der Waals surface area contributed by atoms with Crippen LogP contribution in [0.15, 0.2) is 0 Å². The van der Waals surface area contributed by atoms with E-state index in [9.17, 15) is 5.11 Å². The third-order valence-electron chi connectivity index (χ3n) is 5.04. The molecular weight excluding hydrogens is 238 g/mol. The maximum Gasteiger partial charge on any atom is 0.0698 e. The van der Waals surface area contributed by atoms with E-state index >= 15 is 0 Å². The van der Waals surface area contributed by atoms with Crippen LogP contribution in [0.3, 0.4) is 0 Å². The Morgan fingerprint density at radius 2 is 2.11 bits per heavy atom. The summed E-state index contributed by atoms with van der Waals surface area (Å²) in [6.45, 7) is 5.58. The van der Waals surface area contributed by atoms with Gasteiger partial charge in [0.15, 0.2) is 0 Å². The zero-order valence-corrected chi connectivity index (χ0v) is 12.7. The molecular formula is C16H31NO2. The van der Waals surface area contributed by atoms with Gasteiger partial charge < -0.3 is 14.7 Å². The Morgan fingerprint density at radius 1 is 1.26 bits per heavy atom. The van der Waals surface area contributed by atoms with Crippen LogP contribution in [0.25, 0.3) is 0 Å². The van der Waals surface area contributed by atoms with E-state index in [-0.39, 0.29) is 6.10 Å². The van der Waals surface area contributed by atoms with E-state index < -0.39 is 0 Å². The molecule has 0 aromatic rings. The summed E-state index contributed by atoms with van der Waals surface area (Å²) in [6, 6.07) is 0. The summed E-state index contributed by atoms with van der Waals surface area (Å²) < 4.78 is 5.49. The van der Waals surface area contributed by atoms with Crippen molar-refractivity contribution in [1.29, 1.82) is 0 Å². The minimum Gasteiger partial charge on any atom is -0.393 e. The van der Waals surface area contributed by atoms with E-state index in [1.165, 1.54) is 45.1 Å². The number of hydrogen-bond donors (Lipinski definition) is 1. The summed E-state index contributed by atoms with van der Waals surface area (Å²) >= 11 is 0. The third-order valence-corrected chi connectivity index (χ3v) is 5.04. The fourth-order valence-corrected chi connectivity index (χ4v) is 3.91. The van der Waals surface area contributed by atoms with Crippen molar-refractivity contribution in [3.05, 3.63) is 0 Å². The largest absolute Gasteiger partial charge is 0.393 e. The molecule has 2 fully saturated rings. The molecule has 3 nitrogen and oxygen atoms in total. The first-order chi connectivity index (χ1) is 9.22. The number of rotatable bonds is 5. The zero-order chi connectivity index (χ0) is 13.7. The summed E-state index contributed by atoms with van der Waals surface area (Å²) in [5, 5.41) is 10.3. The van der Waals surface area contributed by atoms with E-state index in [4.69, 9.17) is 4.74 Å². The molecule has 0 radical (unpaired) electrons. The molecule has 1 heterocycles. The second-order valence-electron chi connectivity index (χ2n) is 6.55. The van der Waals surface area contributed by atoms with Gasteiger partial charge in [0.25, 0.3) is 0 Å². The third kappa shape index (κ3) is 4.44. The quantitative estimate of drug-likeness (QED) is 0.833. The van der Waals surface area contributed by atoms with Gasteiger partial charge in [0.2, 0.25) is 0 Å². The van der Waals surface area contributed by atoms with Crippen molar-refractivity contribution in [3.63, 3.8) is 0 Å². The lowest BCUT2D eigenvalue weighted by molar-refractivity contribution is -0.00750. The van der Waals surface area contributed by atoms with Crippen molar-refractivity contribution >= 4 is 0 Å². The molecule has 0 amide bonds. The van der Waals surface area contributed by atoms with Crippen LogP contribution < -0.4 is 0 Å². The molecule has 1 saturated heterocycles. The zero-order valence-electron chi connectivity index (χ0n) is 12.7. The van der Waals surface area contributed by atoms with E-state index in [0.29, 0.717) is 12.0 Å². The Bertz CT molecular complexity index is 259. The van der Waals surface area contributed by atoms with Crippen LogP contribution in [0.5, 0.6) is 0 Å². The number of aliphatic hydroxyl groups excluding tert-OH is 1. The standard InChI is InChI=1S/C16H31NO2/c1-3-5-13-7-8-16(18)14(10-13)11-17-9-4-6-15(12-17)19-2/h13-16,18H,3-12H2,1-2H3. The van der Waals surface area contributed by atoms with Gasteiger partial charge in [-0.3, -0.25) is 0 Å². The van der Waals surface area contributed by atoms with E-state index in [2.05, 4.69) is 11.8 Å². The lowest BCUT2D eigenvalue weighted by Crippen LogP contribution is -2.45. The highest BCUT2D eigenvalue weighted by atomic mass is 16.5. The SMILES string of the molecule is CCCC1CCC(O)C(CN2CCCC(OC)C2)C1. The van der Waals surface area contributed by atoms with Crippen molar-refractivity contribution in [1.82, 2.24) is 4.90 Å². The molecule has 0 aromatic heterocycles. The number of aliphatic hydroxyl groups is 1. The van der Waals surface area contributed by atoms with Crippen molar-refractivity contribution in [2.45, 2.75) is 64.1 Å². The molecule has 4 atom stereocenters. The van der Waals surface area contributed by atoms with Crippen LogP contribution in [-0.4, -0.2) is 49.0 Å². The summed E-state index contributed by atoms with van der Waals surface area (Å²) in [5.74, 6) is 1.34. The topological polar surface area (TPSA) is 32.7 Å². The fraction of sp³-hybridized carbons (Fsp3) is 1.00. The highest BCUT2D eigenvalue weighted by molar-refractivity contribution is 4.84. The predicted octanol–water partition coefficient (Wildman–Crippen LogP) is 2.67. The number of likely N-dealkylation sites (tertiary alicyclic amines) is 1. The molecule has 19 heavy (non-hydrogen) atoms. The van der Waals surface area contributed by atoms with Gasteiger partial charge in [0.05, 0.1) is 12.2 Å². The van der Waals surface area contributed by atoms with Gasteiger partial charge in [-0.05, 0) is 50.5 Å². The summed E-state index contributed by atoms with van der Waals surface area (Å²) in [7, 11) is 1.82. The van der Waals surface area contributed by atoms with Crippen LogP contribution in [-0.2, 0) is 4.74 Å². The van der Waals surface area contributed by atoms with Crippen molar-refractivity contribution in [3.8, 4) is 0 Å². The molecule has 1 saturated carbocycles. The molecule has 1 aliphatic heterocycles. The van der Waals surface area contributed by atoms with Gasteiger partial charge in [0.1, 0.15) is 0 Å². The lowest BCUT2D eigenvalue weighted by atomic mass is 9.77. The molecule has 0 spiro atoms. The maximum absolute atomic E-state index is 10.3. The Balaban J connectivity index is 1.82. The van der Waals surface area contributed by atoms with Crippen LogP contribution in [0.1, 0.15) is 51.9 Å². The monoisotopic (exact) mass is 269 g/mol. The summed E-state index contributed by atoms with van der Waals surface area (Å²) in [6.07, 6.45) is 8.84. The average Bonchev–Trinajstić information content (AvgIpc) is 2.43. The first kappa shape index (κ1) is 15.3. The smallest absolute Gasteiger partial charge is 0.0698 e. The fourth-order valence-electron chi connectivity index (χ4n) is 3.91. The predicted molar refractivity (Wildman–Crippen MR) is 78.2 cm³/mol. The van der Waals surface area contributed by atoms with Gasteiger partial charge in [0, 0.05) is 20.2 Å². The molecule has 2 aliphatic rings. The molecule has 2 rings (SSSR count). The van der Waals surface area contributed by atoms with Crippen molar-refractivity contribution < 1.29 is 9.84 Å². The van der Waals surface area contributed by atoms with E-state index in [1.54, 1.807) is 0 Å². The number of hydrogen-bond acceptors (Lipinski definition) is 3. The van der Waals surface area contributed by atoms with Gasteiger partial charge in [-0.2, -0.15) is 0 Å². The second-order valence-corrected chi connectivity index (χ2v) is 6.55. The van der Waals surface area contributed by atoms with E-state index in [0.717, 1.165) is 25.4 Å². The Labute approximate surface area is 118 Å². The normalized spacial score (nSPS) is 37.4. The number of ether oxygens (including phenoxy) is 1. The minimum absolute atomic E-state index is 0.0731. The molecule has 0 bridgehead atoms. The molecule has 1 N–H and O–H groups in total. The number of nitrogens with zero attached hydrogens (tertiary/aromatic N) is 1. The molecule has 1 aliphatic carbocycles. The minimum atomic E-state index is -0.0731. The average molecular weight is 269 g/mol. The van der Waals surface area contributed by atoms with Gasteiger partial charge in [-0.15, -0.1) is 0 Å². The number of piperidine rings is 1. The first-order valence-electron chi connectivity index (χ1n) is 8.16. The highest BCUT2D eigenvalue weighted by Crippen LogP contribution is 2.33. The first-order valence-corrected chi connectivity index (χ1v) is 8.16. The van der Waals surface area contributed by atoms with Gasteiger partial charge in [-0.25, -0.2) is 0 Å². The van der Waals surface area contributed by atoms with Crippen LogP contribution >= 0.6 is 0 Å². The summed E-state index contributed by atoms with van der Waals surface area (Å²) in [5.41, 5.74) is 0. The van der Waals surface area contributed by atoms with Crippen LogP contribution in [0.4, 0.5) is 0 Å². The molecule has 0 aromatic carbocycles. The van der Waals surface area contributed by atoms with Crippen molar-refractivity contribution in [2.75, 3.05) is 26.7 Å². The maximum atomic E-state index is 10.3. The molecule has 4 unspecified atom stereocenters. The molecule has 112 valence electrons. The van der Waals surface area contributed by atoms with Gasteiger partial charge in [-0.1, -0.05) is 19.8 Å². The molecule has 3 heteroatoms. The van der Waals surface area contributed by atoms with Crippen LogP contribution in [0, 0.1) is 11.8 Å². The van der Waals surface area contributed by atoms with E-state index in [1.807, 2.05) is 7.11 Å². The van der Waals surface area contributed by atoms with Gasteiger partial charge >= 0.3 is 0 Å². The summed E-state index contributed by atoms with van der Waals surface area (Å²) in [4.78, 5) is 2.51. The van der Waals surface area contributed by atoms with Crippen molar-refractivity contribution in [2.24, 2.45) is 11.8 Å². The van der Waals surface area contributed by atoms with Crippen LogP contribution in [0.2, 0.25) is 0 Å².